The minimum absolute atomic E-state index is 0.136. The second-order valence-electron chi connectivity index (χ2n) is 7.75. The third-order valence-corrected chi connectivity index (χ3v) is 5.28. The van der Waals surface area contributed by atoms with E-state index in [0.29, 0.717) is 13.1 Å². The number of para-hydroxylation sites is 1. The molecule has 0 radical (unpaired) electrons. The molecular formula is C22H32N4O2. The summed E-state index contributed by atoms with van der Waals surface area (Å²) in [7, 11) is 3.79. The molecule has 2 aromatic rings. The Kier molecular flexibility index (Phi) is 7.09. The van der Waals surface area contributed by atoms with Crippen molar-refractivity contribution in [1.29, 1.82) is 0 Å². The number of amides is 1. The Hall–Kier alpha value is -2.34. The van der Waals surface area contributed by atoms with E-state index in [0.717, 1.165) is 55.6 Å². The number of hydrogen-bond donors (Lipinski definition) is 0. The van der Waals surface area contributed by atoms with Crippen LogP contribution in [0.25, 0.3) is 0 Å². The van der Waals surface area contributed by atoms with Gasteiger partial charge in [-0.2, -0.15) is 5.10 Å². The second-order valence-corrected chi connectivity index (χ2v) is 7.75. The number of rotatable bonds is 8. The number of aromatic nitrogens is 2. The summed E-state index contributed by atoms with van der Waals surface area (Å²) in [6.07, 6.45) is 8.13. The molecule has 28 heavy (non-hydrogen) atoms. The van der Waals surface area contributed by atoms with Crippen molar-refractivity contribution >= 4 is 5.91 Å². The summed E-state index contributed by atoms with van der Waals surface area (Å²) in [6, 6.07) is 8.19. The summed E-state index contributed by atoms with van der Waals surface area (Å²) in [5.74, 6) is 1.11. The molecule has 0 fully saturated rings. The highest BCUT2D eigenvalue weighted by Gasteiger charge is 2.24. The predicted molar refractivity (Wildman–Crippen MR) is 110 cm³/mol. The molecule has 0 saturated heterocycles. The van der Waals surface area contributed by atoms with Crippen LogP contribution < -0.4 is 4.74 Å². The molecule has 1 unspecified atom stereocenters. The molecule has 0 N–H and O–H groups in total. The van der Waals surface area contributed by atoms with Crippen LogP contribution >= 0.6 is 0 Å². The highest BCUT2D eigenvalue weighted by Crippen LogP contribution is 2.26. The van der Waals surface area contributed by atoms with Gasteiger partial charge in [0.2, 0.25) is 5.91 Å². The van der Waals surface area contributed by atoms with Gasteiger partial charge in [0.05, 0.1) is 12.7 Å². The van der Waals surface area contributed by atoms with Crippen LogP contribution in [0.4, 0.5) is 0 Å². The van der Waals surface area contributed by atoms with Gasteiger partial charge in [0.25, 0.3) is 0 Å². The van der Waals surface area contributed by atoms with E-state index in [4.69, 9.17) is 4.74 Å². The molecule has 1 aliphatic rings. The van der Waals surface area contributed by atoms with E-state index in [2.05, 4.69) is 23.0 Å². The minimum Gasteiger partial charge on any atom is -0.489 e. The predicted octanol–water partition coefficient (Wildman–Crippen LogP) is 2.87. The molecule has 2 heterocycles. The summed E-state index contributed by atoms with van der Waals surface area (Å²) < 4.78 is 8.06. The first-order valence-corrected chi connectivity index (χ1v) is 10.2. The number of likely N-dealkylation sites (N-methyl/N-ethyl adjacent to an activating group) is 1. The number of unbranched alkanes of at least 4 members (excludes halogenated alkanes) is 1. The fourth-order valence-corrected chi connectivity index (χ4v) is 3.60. The van der Waals surface area contributed by atoms with Gasteiger partial charge in [0.1, 0.15) is 11.9 Å². The topological polar surface area (TPSA) is 50.6 Å². The normalized spacial score (nSPS) is 16.9. The molecule has 6 nitrogen and oxygen atoms in total. The summed E-state index contributed by atoms with van der Waals surface area (Å²) in [5, 5.41) is 4.19. The molecule has 152 valence electrons. The average Bonchev–Trinajstić information content (AvgIpc) is 3.01. The number of nitrogens with zero attached hydrogens (tertiary/aromatic N) is 4. The Labute approximate surface area is 168 Å². The molecule has 1 amide bonds. The van der Waals surface area contributed by atoms with Gasteiger partial charge in [-0.05, 0) is 30.9 Å². The molecule has 1 atom stereocenters. The molecule has 0 bridgehead atoms. The third-order valence-electron chi connectivity index (χ3n) is 5.28. The summed E-state index contributed by atoms with van der Waals surface area (Å²) >= 11 is 0. The summed E-state index contributed by atoms with van der Waals surface area (Å²) in [5.41, 5.74) is 2.31. The van der Waals surface area contributed by atoms with E-state index < -0.39 is 0 Å². The number of carbonyl (C=O) groups excluding carboxylic acids is 1. The molecule has 0 aliphatic carbocycles. The first-order chi connectivity index (χ1) is 13.5. The van der Waals surface area contributed by atoms with Crippen LogP contribution in [0.5, 0.6) is 5.75 Å². The maximum atomic E-state index is 12.8. The van der Waals surface area contributed by atoms with E-state index in [1.165, 1.54) is 0 Å². The summed E-state index contributed by atoms with van der Waals surface area (Å²) in [6.45, 7) is 4.86. The standard InChI is InChI=1S/C22H32N4O2/c1-4-5-9-20-16-26(15-19-8-6-7-10-21(19)28-20)17-22(27)24(2)12-11-18-13-23-25(3)14-18/h6-8,10,13-14,20H,4-5,9,11-12,15-17H2,1-3H3. The number of hydrogen-bond acceptors (Lipinski definition) is 4. The lowest BCUT2D eigenvalue weighted by Crippen LogP contribution is -2.41. The molecular weight excluding hydrogens is 352 g/mol. The van der Waals surface area contributed by atoms with Gasteiger partial charge < -0.3 is 9.64 Å². The fourth-order valence-electron chi connectivity index (χ4n) is 3.60. The zero-order chi connectivity index (χ0) is 19.9. The second kappa shape index (κ2) is 9.73. The largest absolute Gasteiger partial charge is 0.489 e. The van der Waals surface area contributed by atoms with Crippen molar-refractivity contribution in [2.75, 3.05) is 26.7 Å². The van der Waals surface area contributed by atoms with Crippen molar-refractivity contribution in [1.82, 2.24) is 19.6 Å². The number of ether oxygens (including phenoxy) is 1. The Balaban J connectivity index is 1.59. The molecule has 0 spiro atoms. The fraction of sp³-hybridized carbons (Fsp3) is 0.545. The Morgan fingerprint density at radius 3 is 2.93 bits per heavy atom. The molecule has 3 rings (SSSR count). The first kappa shape index (κ1) is 20.4. The van der Waals surface area contributed by atoms with Gasteiger partial charge in [-0.1, -0.05) is 31.5 Å². The van der Waals surface area contributed by atoms with Crippen LogP contribution in [0, 0.1) is 0 Å². The number of carbonyl (C=O) groups is 1. The van der Waals surface area contributed by atoms with Crippen molar-refractivity contribution in [3.8, 4) is 5.75 Å². The lowest BCUT2D eigenvalue weighted by Gasteiger charge is -2.26. The molecule has 1 aromatic heterocycles. The van der Waals surface area contributed by atoms with E-state index in [1.807, 2.05) is 49.6 Å². The maximum absolute atomic E-state index is 12.8. The smallest absolute Gasteiger partial charge is 0.236 e. The van der Waals surface area contributed by atoms with Gasteiger partial charge >= 0.3 is 0 Å². The average molecular weight is 385 g/mol. The highest BCUT2D eigenvalue weighted by molar-refractivity contribution is 5.78. The SMILES string of the molecule is CCCCC1CN(CC(=O)N(C)CCc2cnn(C)c2)Cc2ccccc2O1. The number of benzene rings is 1. The Bertz CT molecular complexity index is 773. The van der Waals surface area contributed by atoms with E-state index >= 15 is 0 Å². The van der Waals surface area contributed by atoms with E-state index in [1.54, 1.807) is 4.68 Å². The minimum atomic E-state index is 0.136. The van der Waals surface area contributed by atoms with Crippen LogP contribution in [0.1, 0.15) is 37.3 Å². The van der Waals surface area contributed by atoms with Crippen molar-refractivity contribution in [3.05, 3.63) is 47.8 Å². The van der Waals surface area contributed by atoms with Crippen molar-refractivity contribution < 1.29 is 9.53 Å². The van der Waals surface area contributed by atoms with Gasteiger partial charge in [0.15, 0.2) is 0 Å². The monoisotopic (exact) mass is 384 g/mol. The first-order valence-electron chi connectivity index (χ1n) is 10.2. The van der Waals surface area contributed by atoms with Crippen LogP contribution in [-0.2, 0) is 24.8 Å². The van der Waals surface area contributed by atoms with Crippen LogP contribution in [0.15, 0.2) is 36.7 Å². The molecule has 1 aliphatic heterocycles. The number of fused-ring (bicyclic) bond motifs is 1. The number of aryl methyl sites for hydroxylation is 1. The maximum Gasteiger partial charge on any atom is 0.236 e. The van der Waals surface area contributed by atoms with Crippen LogP contribution in [-0.4, -0.2) is 58.3 Å². The van der Waals surface area contributed by atoms with Gasteiger partial charge in [-0.25, -0.2) is 0 Å². The third kappa shape index (κ3) is 5.58. The zero-order valence-electron chi connectivity index (χ0n) is 17.3. The van der Waals surface area contributed by atoms with Crippen molar-refractivity contribution in [3.63, 3.8) is 0 Å². The lowest BCUT2D eigenvalue weighted by atomic mass is 10.1. The lowest BCUT2D eigenvalue weighted by molar-refractivity contribution is -0.131. The van der Waals surface area contributed by atoms with Crippen molar-refractivity contribution in [2.24, 2.45) is 7.05 Å². The van der Waals surface area contributed by atoms with Gasteiger partial charge in [-0.15, -0.1) is 0 Å². The summed E-state index contributed by atoms with van der Waals surface area (Å²) in [4.78, 5) is 16.9. The van der Waals surface area contributed by atoms with Gasteiger partial charge in [0, 0.05) is 45.5 Å². The van der Waals surface area contributed by atoms with Crippen LogP contribution in [0.2, 0.25) is 0 Å². The Morgan fingerprint density at radius 2 is 2.18 bits per heavy atom. The van der Waals surface area contributed by atoms with E-state index in [-0.39, 0.29) is 12.0 Å². The van der Waals surface area contributed by atoms with E-state index in [9.17, 15) is 4.79 Å². The highest BCUT2D eigenvalue weighted by atomic mass is 16.5. The quantitative estimate of drug-likeness (QED) is 0.702. The van der Waals surface area contributed by atoms with Crippen LogP contribution in [0.3, 0.4) is 0 Å². The molecule has 6 heteroatoms. The Morgan fingerprint density at radius 1 is 1.36 bits per heavy atom. The molecule has 0 saturated carbocycles. The molecule has 1 aromatic carbocycles. The zero-order valence-corrected chi connectivity index (χ0v) is 17.3. The van der Waals surface area contributed by atoms with Gasteiger partial charge in [-0.3, -0.25) is 14.4 Å². The van der Waals surface area contributed by atoms with Crippen molar-refractivity contribution in [2.45, 2.75) is 45.3 Å².